The number of anilines is 2. The highest BCUT2D eigenvalue weighted by Crippen LogP contribution is 2.50. The van der Waals surface area contributed by atoms with Gasteiger partial charge in [-0.1, -0.05) is 49.8 Å². The summed E-state index contributed by atoms with van der Waals surface area (Å²) in [6, 6.07) is 13.5. The van der Waals surface area contributed by atoms with E-state index in [9.17, 15) is 14.4 Å². The highest BCUT2D eigenvalue weighted by Gasteiger charge is 2.30. The van der Waals surface area contributed by atoms with E-state index in [0.717, 1.165) is 21.3 Å². The molecule has 11 heteroatoms. The molecule has 3 atom stereocenters. The number of methoxy groups -OCH3 is 3. The maximum atomic E-state index is 13.9. The highest BCUT2D eigenvalue weighted by molar-refractivity contribution is 7.22. The zero-order valence-electron chi connectivity index (χ0n) is 26.3. The molecule has 2 amide bonds. The molecule has 0 aliphatic heterocycles. The smallest absolute Gasteiger partial charge is 0.248 e. The second kappa shape index (κ2) is 13.6. The number of ether oxygens (including phenoxy) is 3. The Morgan fingerprint density at radius 3 is 2.47 bits per heavy atom. The van der Waals surface area contributed by atoms with Gasteiger partial charge in [-0.15, -0.1) is 0 Å². The quantitative estimate of drug-likeness (QED) is 0.197. The lowest BCUT2D eigenvalue weighted by molar-refractivity contribution is -0.120. The van der Waals surface area contributed by atoms with Crippen LogP contribution in [-0.4, -0.2) is 44.2 Å². The average Bonchev–Trinajstić information content (AvgIpc) is 3.30. The number of hydrogen-bond acceptors (Lipinski definition) is 9. The van der Waals surface area contributed by atoms with E-state index in [4.69, 9.17) is 14.2 Å². The molecule has 1 aliphatic carbocycles. The number of thiazole rings is 1. The molecule has 45 heavy (non-hydrogen) atoms. The van der Waals surface area contributed by atoms with E-state index in [1.54, 1.807) is 33.5 Å². The van der Waals surface area contributed by atoms with E-state index in [2.05, 4.69) is 20.9 Å². The predicted molar refractivity (Wildman–Crippen MR) is 178 cm³/mol. The van der Waals surface area contributed by atoms with Gasteiger partial charge < -0.3 is 30.2 Å². The minimum atomic E-state index is -0.714. The van der Waals surface area contributed by atoms with Crippen molar-refractivity contribution in [3.63, 3.8) is 0 Å². The summed E-state index contributed by atoms with van der Waals surface area (Å²) in [5, 5.41) is 9.72. The fourth-order valence-corrected chi connectivity index (χ4v) is 6.67. The third-order valence-electron chi connectivity index (χ3n) is 8.25. The molecule has 1 aliphatic rings. The van der Waals surface area contributed by atoms with Crippen molar-refractivity contribution >= 4 is 44.2 Å². The first-order valence-electron chi connectivity index (χ1n) is 14.9. The number of hydrogen-bond donors (Lipinski definition) is 3. The highest BCUT2D eigenvalue weighted by atomic mass is 32.1. The number of rotatable bonds is 10. The third-order valence-corrected chi connectivity index (χ3v) is 9.20. The molecule has 0 fully saturated rings. The number of benzene rings is 2. The molecule has 0 unspecified atom stereocenters. The number of aromatic nitrogens is 1. The average molecular weight is 631 g/mol. The number of para-hydroxylation sites is 1. The molecular weight excluding hydrogens is 592 g/mol. The van der Waals surface area contributed by atoms with Crippen LogP contribution >= 0.6 is 11.3 Å². The Morgan fingerprint density at radius 1 is 1.04 bits per heavy atom. The van der Waals surface area contributed by atoms with Crippen molar-refractivity contribution in [2.45, 2.75) is 52.1 Å². The Morgan fingerprint density at radius 2 is 1.80 bits per heavy atom. The monoisotopic (exact) mass is 630 g/mol. The van der Waals surface area contributed by atoms with Gasteiger partial charge in [0.05, 0.1) is 43.3 Å². The van der Waals surface area contributed by atoms with Gasteiger partial charge in [0.1, 0.15) is 6.04 Å². The molecule has 1 aromatic heterocycles. The fraction of sp³-hybridized carbons (Fsp3) is 0.353. The van der Waals surface area contributed by atoms with Gasteiger partial charge in [-0.3, -0.25) is 14.4 Å². The summed E-state index contributed by atoms with van der Waals surface area (Å²) in [4.78, 5) is 44.3. The summed E-state index contributed by atoms with van der Waals surface area (Å²) in [6.45, 7) is 5.42. The molecule has 236 valence electrons. The van der Waals surface area contributed by atoms with Crippen molar-refractivity contribution < 1.29 is 23.8 Å². The van der Waals surface area contributed by atoms with Gasteiger partial charge in [0.25, 0.3) is 0 Å². The molecule has 0 saturated heterocycles. The number of amides is 2. The van der Waals surface area contributed by atoms with Crippen molar-refractivity contribution in [2.24, 2.45) is 5.92 Å². The first kappa shape index (κ1) is 31.8. The summed E-state index contributed by atoms with van der Waals surface area (Å²) in [7, 11) is 4.67. The summed E-state index contributed by atoms with van der Waals surface area (Å²) in [5.74, 6) is 0.827. The van der Waals surface area contributed by atoms with Crippen LogP contribution in [0.3, 0.4) is 0 Å². The van der Waals surface area contributed by atoms with E-state index in [1.807, 2.05) is 50.2 Å². The van der Waals surface area contributed by atoms with Gasteiger partial charge in [-0.05, 0) is 65.8 Å². The Balaban J connectivity index is 1.60. The summed E-state index contributed by atoms with van der Waals surface area (Å²) in [5.41, 5.74) is 3.80. The molecule has 3 N–H and O–H groups in total. The van der Waals surface area contributed by atoms with Crippen LogP contribution in [0.1, 0.15) is 50.8 Å². The van der Waals surface area contributed by atoms with Crippen LogP contribution in [-0.2, 0) is 16.0 Å². The largest absolute Gasteiger partial charge is 0.493 e. The van der Waals surface area contributed by atoms with Crippen LogP contribution < -0.4 is 35.6 Å². The topological polar surface area (TPSA) is 128 Å². The van der Waals surface area contributed by atoms with E-state index < -0.39 is 12.1 Å². The molecule has 0 saturated carbocycles. The lowest BCUT2D eigenvalue weighted by Crippen LogP contribution is -2.40. The van der Waals surface area contributed by atoms with E-state index in [-0.39, 0.29) is 28.8 Å². The normalized spacial score (nSPS) is 15.1. The SMILES string of the molecule is CC[C@H](C)[C@@H](Nc1ccc2c(cc1=O)[C@@H](NC(C)=O)CCc1cc(OC)c(OC)c(OC)c1-2)C(=O)Nc1nc2ccccc2s1. The summed E-state index contributed by atoms with van der Waals surface area (Å²) in [6.07, 6.45) is 1.84. The predicted octanol–water partition coefficient (Wildman–Crippen LogP) is 5.94. The Labute approximate surface area is 266 Å². The number of fused-ring (bicyclic) bond motifs is 4. The van der Waals surface area contributed by atoms with Gasteiger partial charge in [-0.2, -0.15) is 0 Å². The van der Waals surface area contributed by atoms with Gasteiger partial charge in [0, 0.05) is 12.5 Å². The molecule has 3 aromatic carbocycles. The molecule has 0 radical (unpaired) electrons. The Hall–Kier alpha value is -4.64. The second-order valence-electron chi connectivity index (χ2n) is 11.1. The zero-order valence-corrected chi connectivity index (χ0v) is 27.1. The minimum absolute atomic E-state index is 0.105. The van der Waals surface area contributed by atoms with Crippen LogP contribution in [0.15, 0.2) is 53.3 Å². The summed E-state index contributed by atoms with van der Waals surface area (Å²) < 4.78 is 18.1. The molecule has 0 spiro atoms. The van der Waals surface area contributed by atoms with Crippen LogP contribution in [0, 0.1) is 5.92 Å². The van der Waals surface area contributed by atoms with Gasteiger partial charge >= 0.3 is 0 Å². The first-order valence-corrected chi connectivity index (χ1v) is 15.7. The number of carbonyl (C=O) groups excluding carboxylic acids is 2. The number of aryl methyl sites for hydroxylation is 1. The van der Waals surface area contributed by atoms with Crippen molar-refractivity contribution in [3.05, 3.63) is 69.9 Å². The van der Waals surface area contributed by atoms with Crippen molar-refractivity contribution in [1.82, 2.24) is 10.3 Å². The van der Waals surface area contributed by atoms with Crippen LogP contribution in [0.5, 0.6) is 17.2 Å². The van der Waals surface area contributed by atoms with Gasteiger partial charge in [0.2, 0.25) is 23.0 Å². The fourth-order valence-electron chi connectivity index (χ4n) is 5.81. The van der Waals surface area contributed by atoms with E-state index >= 15 is 0 Å². The molecule has 1 heterocycles. The summed E-state index contributed by atoms with van der Waals surface area (Å²) >= 11 is 1.40. The maximum Gasteiger partial charge on any atom is 0.248 e. The molecule has 5 rings (SSSR count). The molecule has 0 bridgehead atoms. The van der Waals surface area contributed by atoms with Crippen molar-refractivity contribution in [1.29, 1.82) is 0 Å². The number of carbonyl (C=O) groups is 2. The standard InChI is InChI=1S/C34H38N4O6S/c1-7-18(2)30(33(41)38-34-37-25-10-8-9-11-28(25)45-34)36-24-15-13-21-22(17-26(24)40)23(35-19(3)39)14-12-20-16-27(42-4)31(43-5)32(44-6)29(20)21/h8-11,13,15-18,23,30H,7,12,14H2,1-6H3,(H,35,39)(H,36,40)(H,37,38,41)/t18-,23-,30+/m0/s1. The van der Waals surface area contributed by atoms with E-state index in [1.165, 1.54) is 18.3 Å². The van der Waals surface area contributed by atoms with Gasteiger partial charge in [-0.25, -0.2) is 4.98 Å². The van der Waals surface area contributed by atoms with Crippen molar-refractivity contribution in [3.8, 4) is 28.4 Å². The zero-order chi connectivity index (χ0) is 32.2. The second-order valence-corrected chi connectivity index (χ2v) is 12.1. The number of nitrogens with one attached hydrogen (secondary N) is 3. The van der Waals surface area contributed by atoms with Crippen LogP contribution in [0.2, 0.25) is 0 Å². The molecule has 4 aromatic rings. The lowest BCUT2D eigenvalue weighted by Gasteiger charge is -2.23. The maximum absolute atomic E-state index is 13.9. The van der Waals surface area contributed by atoms with E-state index in [0.29, 0.717) is 52.8 Å². The van der Waals surface area contributed by atoms with Crippen molar-refractivity contribution in [2.75, 3.05) is 32.0 Å². The molecular formula is C34H38N4O6S. The lowest BCUT2D eigenvalue weighted by atomic mass is 9.95. The number of nitrogens with zero attached hydrogens (tertiary/aromatic N) is 1. The van der Waals surface area contributed by atoms with Gasteiger partial charge in [0.15, 0.2) is 16.6 Å². The third kappa shape index (κ3) is 6.44. The molecule has 10 nitrogen and oxygen atoms in total. The Bertz CT molecular complexity index is 1770. The van der Waals surface area contributed by atoms with Crippen LogP contribution in [0.4, 0.5) is 10.8 Å². The minimum Gasteiger partial charge on any atom is -0.493 e. The van der Waals surface area contributed by atoms with Crippen LogP contribution in [0.25, 0.3) is 21.3 Å². The first-order chi connectivity index (χ1) is 21.7. The Kier molecular flexibility index (Phi) is 9.57.